The van der Waals surface area contributed by atoms with Gasteiger partial charge in [0.2, 0.25) is 5.91 Å². The van der Waals surface area contributed by atoms with Crippen LogP contribution in [0.25, 0.3) is 0 Å². The number of nitrogens with zero attached hydrogens (tertiary/aromatic N) is 4. The maximum atomic E-state index is 11.9. The summed E-state index contributed by atoms with van der Waals surface area (Å²) in [5.74, 6) is -0.493. The van der Waals surface area contributed by atoms with Crippen LogP contribution in [0.1, 0.15) is 11.1 Å². The number of amides is 1. The summed E-state index contributed by atoms with van der Waals surface area (Å²) in [5, 5.41) is 28.8. The Balaban J connectivity index is 1.93. The first-order chi connectivity index (χ1) is 12.4. The minimum Gasteiger partial charge on any atom is -0.383 e. The highest BCUT2D eigenvalue weighted by Gasteiger charge is 2.12. The second-order valence-electron chi connectivity index (χ2n) is 4.76. The Labute approximate surface area is 151 Å². The molecule has 2 aromatic rings. The summed E-state index contributed by atoms with van der Waals surface area (Å²) in [4.78, 5) is 25.9. The fourth-order valence-electron chi connectivity index (χ4n) is 1.77. The van der Waals surface area contributed by atoms with Crippen molar-refractivity contribution >= 4 is 34.9 Å². The molecule has 10 nitrogen and oxygen atoms in total. The summed E-state index contributed by atoms with van der Waals surface area (Å²) in [5.41, 5.74) is 11.3. The number of nitrogens with one attached hydrogen (secondary N) is 2. The van der Waals surface area contributed by atoms with Crippen LogP contribution in [0.4, 0.5) is 17.2 Å². The van der Waals surface area contributed by atoms with E-state index in [1.165, 1.54) is 30.3 Å². The number of nitrogen functional groups attached to an aromatic ring is 1. The largest absolute Gasteiger partial charge is 0.383 e. The standard InChI is InChI=1S/C15H11N7O3S/c16-6-9-5-10(7-17)15(19-14(9)18)26-8-13(23)21-20-11-1-3-12(4-2-11)22(24)25/h1-5,20H,8H2,(H2,18,19)(H,21,23). The molecule has 1 amide bonds. The lowest BCUT2D eigenvalue weighted by Gasteiger charge is -2.09. The maximum Gasteiger partial charge on any atom is 0.269 e. The van der Waals surface area contributed by atoms with E-state index in [-0.39, 0.29) is 33.4 Å². The molecule has 2 rings (SSSR count). The van der Waals surface area contributed by atoms with Gasteiger partial charge in [-0.1, -0.05) is 11.8 Å². The molecule has 0 saturated heterocycles. The molecule has 0 aliphatic rings. The zero-order valence-corrected chi connectivity index (χ0v) is 13.9. The van der Waals surface area contributed by atoms with Crippen molar-refractivity contribution in [2.24, 2.45) is 0 Å². The summed E-state index contributed by atoms with van der Waals surface area (Å²) in [6, 6.07) is 10.5. The van der Waals surface area contributed by atoms with Crippen LogP contribution >= 0.6 is 11.8 Å². The number of carbonyl (C=O) groups is 1. The SMILES string of the molecule is N#Cc1cc(C#N)c(SCC(=O)NNc2ccc([N+](=O)[O-])cc2)nc1N. The van der Waals surface area contributed by atoms with Gasteiger partial charge < -0.3 is 5.73 Å². The molecule has 0 aliphatic carbocycles. The van der Waals surface area contributed by atoms with E-state index in [0.29, 0.717) is 5.69 Å². The monoisotopic (exact) mass is 369 g/mol. The lowest BCUT2D eigenvalue weighted by molar-refractivity contribution is -0.384. The number of hydrogen-bond donors (Lipinski definition) is 3. The second kappa shape index (κ2) is 8.32. The molecule has 130 valence electrons. The van der Waals surface area contributed by atoms with Gasteiger partial charge >= 0.3 is 0 Å². The Morgan fingerprint density at radius 3 is 2.50 bits per heavy atom. The molecule has 1 heterocycles. The summed E-state index contributed by atoms with van der Waals surface area (Å²) < 4.78 is 0. The number of rotatable bonds is 6. The third-order valence-electron chi connectivity index (χ3n) is 3.02. The second-order valence-corrected chi connectivity index (χ2v) is 5.73. The van der Waals surface area contributed by atoms with Crippen molar-refractivity contribution in [1.82, 2.24) is 10.4 Å². The topological polar surface area (TPSA) is 171 Å². The lowest BCUT2D eigenvalue weighted by Crippen LogP contribution is -2.30. The van der Waals surface area contributed by atoms with Crippen LogP contribution in [0.5, 0.6) is 0 Å². The third-order valence-corrected chi connectivity index (χ3v) is 4.01. The number of aromatic nitrogens is 1. The van der Waals surface area contributed by atoms with Crippen molar-refractivity contribution in [1.29, 1.82) is 10.5 Å². The lowest BCUT2D eigenvalue weighted by atomic mass is 10.2. The zero-order valence-electron chi connectivity index (χ0n) is 13.1. The van der Waals surface area contributed by atoms with Crippen molar-refractivity contribution in [2.75, 3.05) is 16.9 Å². The van der Waals surface area contributed by atoms with Gasteiger partial charge in [0.25, 0.3) is 5.69 Å². The van der Waals surface area contributed by atoms with Crippen LogP contribution in [0, 0.1) is 32.8 Å². The van der Waals surface area contributed by atoms with Crippen LogP contribution in [0.2, 0.25) is 0 Å². The van der Waals surface area contributed by atoms with Crippen LogP contribution < -0.4 is 16.6 Å². The van der Waals surface area contributed by atoms with Gasteiger partial charge in [-0.15, -0.1) is 0 Å². The number of nitro benzene ring substituents is 1. The molecular weight excluding hydrogens is 358 g/mol. The smallest absolute Gasteiger partial charge is 0.269 e. The van der Waals surface area contributed by atoms with Crippen molar-refractivity contribution in [3.8, 4) is 12.1 Å². The van der Waals surface area contributed by atoms with Gasteiger partial charge in [0.05, 0.1) is 27.5 Å². The number of nitriles is 2. The Hall–Kier alpha value is -3.83. The Bertz CT molecular complexity index is 932. The van der Waals surface area contributed by atoms with Crippen LogP contribution in [0.15, 0.2) is 35.4 Å². The fourth-order valence-corrected chi connectivity index (χ4v) is 2.53. The van der Waals surface area contributed by atoms with Crippen LogP contribution in [-0.2, 0) is 4.79 Å². The molecular formula is C15H11N7O3S. The number of hydrogen-bond acceptors (Lipinski definition) is 9. The summed E-state index contributed by atoms with van der Waals surface area (Å²) in [6.07, 6.45) is 0. The zero-order chi connectivity index (χ0) is 19.1. The number of non-ortho nitro benzene ring substituents is 1. The molecule has 1 aromatic carbocycles. The number of anilines is 2. The molecule has 4 N–H and O–H groups in total. The highest BCUT2D eigenvalue weighted by Crippen LogP contribution is 2.23. The van der Waals surface area contributed by atoms with Gasteiger partial charge in [0.15, 0.2) is 0 Å². The average Bonchev–Trinajstić information content (AvgIpc) is 2.65. The third kappa shape index (κ3) is 4.59. The van der Waals surface area contributed by atoms with Crippen molar-refractivity contribution in [2.45, 2.75) is 5.03 Å². The highest BCUT2D eigenvalue weighted by atomic mass is 32.2. The van der Waals surface area contributed by atoms with E-state index in [4.69, 9.17) is 16.3 Å². The average molecular weight is 369 g/mol. The van der Waals surface area contributed by atoms with E-state index in [1.807, 2.05) is 12.1 Å². The first-order valence-electron chi connectivity index (χ1n) is 6.97. The van der Waals surface area contributed by atoms with E-state index in [0.717, 1.165) is 11.8 Å². The fraction of sp³-hybridized carbons (Fsp3) is 0.0667. The van der Waals surface area contributed by atoms with Gasteiger partial charge in [-0.25, -0.2) is 4.98 Å². The predicted octanol–water partition coefficient (Wildman–Crippen LogP) is 1.55. The van der Waals surface area contributed by atoms with Gasteiger partial charge in [0, 0.05) is 12.1 Å². The first-order valence-corrected chi connectivity index (χ1v) is 7.96. The van der Waals surface area contributed by atoms with Crippen molar-refractivity contribution in [3.05, 3.63) is 51.6 Å². The van der Waals surface area contributed by atoms with Crippen LogP contribution in [0.3, 0.4) is 0 Å². The molecule has 26 heavy (non-hydrogen) atoms. The molecule has 0 radical (unpaired) electrons. The first kappa shape index (κ1) is 18.5. The van der Waals surface area contributed by atoms with E-state index < -0.39 is 10.8 Å². The van der Waals surface area contributed by atoms with Crippen molar-refractivity contribution in [3.63, 3.8) is 0 Å². The number of nitro groups is 1. The molecule has 0 unspecified atom stereocenters. The number of nitrogens with two attached hydrogens (primary N) is 1. The molecule has 1 aromatic heterocycles. The molecule has 0 aliphatic heterocycles. The Kier molecular flexibility index (Phi) is 5.92. The quantitative estimate of drug-likeness (QED) is 0.388. The summed E-state index contributed by atoms with van der Waals surface area (Å²) in [6.45, 7) is 0. The van der Waals surface area contributed by atoms with Crippen molar-refractivity contribution < 1.29 is 9.72 Å². The summed E-state index contributed by atoms with van der Waals surface area (Å²) >= 11 is 0.990. The summed E-state index contributed by atoms with van der Waals surface area (Å²) in [7, 11) is 0. The minimum absolute atomic E-state index is 0.0154. The molecule has 0 saturated carbocycles. The van der Waals surface area contributed by atoms with E-state index in [1.54, 1.807) is 0 Å². The van der Waals surface area contributed by atoms with Gasteiger partial charge in [-0.3, -0.25) is 25.8 Å². The normalized spacial score (nSPS) is 9.62. The van der Waals surface area contributed by atoms with E-state index in [9.17, 15) is 14.9 Å². The van der Waals surface area contributed by atoms with Gasteiger partial charge in [-0.2, -0.15) is 10.5 Å². The molecule has 0 fully saturated rings. The molecule has 0 atom stereocenters. The maximum absolute atomic E-state index is 11.9. The number of benzene rings is 1. The number of carbonyl (C=O) groups excluding carboxylic acids is 1. The highest BCUT2D eigenvalue weighted by molar-refractivity contribution is 8.00. The van der Waals surface area contributed by atoms with Gasteiger partial charge in [-0.05, 0) is 18.2 Å². The number of hydrazine groups is 1. The number of thioether (sulfide) groups is 1. The van der Waals surface area contributed by atoms with E-state index >= 15 is 0 Å². The molecule has 0 spiro atoms. The molecule has 0 bridgehead atoms. The van der Waals surface area contributed by atoms with Gasteiger partial charge in [0.1, 0.15) is 23.0 Å². The number of pyridine rings is 1. The Morgan fingerprint density at radius 2 is 1.92 bits per heavy atom. The van der Waals surface area contributed by atoms with Crippen LogP contribution in [-0.4, -0.2) is 21.6 Å². The van der Waals surface area contributed by atoms with E-state index in [2.05, 4.69) is 15.8 Å². The molecule has 11 heteroatoms. The Morgan fingerprint density at radius 1 is 1.27 bits per heavy atom. The predicted molar refractivity (Wildman–Crippen MR) is 93.7 cm³/mol. The minimum atomic E-state index is -0.526.